The minimum absolute atomic E-state index is 0.237. The van der Waals surface area contributed by atoms with Crippen LogP contribution in [0.25, 0.3) is 0 Å². The van der Waals surface area contributed by atoms with Gasteiger partial charge in [-0.1, -0.05) is 30.7 Å². The van der Waals surface area contributed by atoms with Crippen molar-refractivity contribution in [2.75, 3.05) is 11.9 Å². The third-order valence-electron chi connectivity index (χ3n) is 3.70. The quantitative estimate of drug-likeness (QED) is 0.472. The molecule has 2 aliphatic rings. The minimum atomic E-state index is -0.237. The van der Waals surface area contributed by atoms with E-state index in [9.17, 15) is 4.79 Å². The van der Waals surface area contributed by atoms with Gasteiger partial charge in [0.2, 0.25) is 0 Å². The first-order valence-electron chi connectivity index (χ1n) is 7.33. The summed E-state index contributed by atoms with van der Waals surface area (Å²) in [5.74, 6) is -0.237. The van der Waals surface area contributed by atoms with E-state index in [-0.39, 0.29) is 11.0 Å². The van der Waals surface area contributed by atoms with Gasteiger partial charge in [0.1, 0.15) is 5.70 Å². The zero-order valence-electron chi connectivity index (χ0n) is 13.1. The van der Waals surface area contributed by atoms with Gasteiger partial charge in [-0.2, -0.15) is 0 Å². The van der Waals surface area contributed by atoms with Crippen LogP contribution in [0.5, 0.6) is 0 Å². The van der Waals surface area contributed by atoms with E-state index in [0.717, 1.165) is 5.70 Å². The molecule has 0 saturated carbocycles. The molecule has 3 rings (SSSR count). The molecule has 1 aromatic carbocycles. The van der Waals surface area contributed by atoms with Crippen molar-refractivity contribution in [1.29, 1.82) is 0 Å². The summed E-state index contributed by atoms with van der Waals surface area (Å²) in [5, 5.41) is 0.283. The summed E-state index contributed by atoms with van der Waals surface area (Å²) in [6.07, 6.45) is 16.9. The number of allylic oxidation sites excluding steroid dienone is 5. The first-order chi connectivity index (χ1) is 11.6. The molecular formula is C19H15N3OS. The number of benzene rings is 1. The Morgan fingerprint density at radius 1 is 1.17 bits per heavy atom. The Kier molecular flexibility index (Phi) is 4.32. The third kappa shape index (κ3) is 2.75. The summed E-state index contributed by atoms with van der Waals surface area (Å²) >= 11 is 5.38. The van der Waals surface area contributed by atoms with Gasteiger partial charge < -0.3 is 4.90 Å². The van der Waals surface area contributed by atoms with Gasteiger partial charge in [0.05, 0.1) is 5.69 Å². The second-order valence-electron chi connectivity index (χ2n) is 5.18. The van der Waals surface area contributed by atoms with E-state index >= 15 is 0 Å². The molecule has 2 aliphatic heterocycles. The van der Waals surface area contributed by atoms with E-state index in [1.54, 1.807) is 6.08 Å². The number of hydrogen-bond acceptors (Lipinski definition) is 3. The van der Waals surface area contributed by atoms with Crippen LogP contribution >= 0.6 is 12.2 Å². The SMILES string of the molecule is C#CN1C(=S)N(c2ccccc2)C(=O)C1=CC=C1C=CC=CN1C. The van der Waals surface area contributed by atoms with E-state index in [4.69, 9.17) is 18.6 Å². The number of carbonyl (C=O) groups is 1. The van der Waals surface area contributed by atoms with Crippen LogP contribution in [0.15, 0.2) is 78.3 Å². The summed E-state index contributed by atoms with van der Waals surface area (Å²) in [6, 6.07) is 11.7. The summed E-state index contributed by atoms with van der Waals surface area (Å²) < 4.78 is 0. The molecule has 0 unspecified atom stereocenters. The van der Waals surface area contributed by atoms with Gasteiger partial charge in [-0.3, -0.25) is 9.69 Å². The average molecular weight is 333 g/mol. The van der Waals surface area contributed by atoms with Crippen LogP contribution in [0.3, 0.4) is 0 Å². The number of thiocarbonyl (C=S) groups is 1. The van der Waals surface area contributed by atoms with E-state index in [0.29, 0.717) is 11.4 Å². The van der Waals surface area contributed by atoms with Crippen molar-refractivity contribution in [3.05, 3.63) is 78.3 Å². The predicted molar refractivity (Wildman–Crippen MR) is 99.4 cm³/mol. The molecule has 0 atom stereocenters. The molecule has 118 valence electrons. The molecule has 0 aromatic heterocycles. The number of amides is 1. The fourth-order valence-corrected chi connectivity index (χ4v) is 2.79. The lowest BCUT2D eigenvalue weighted by Crippen LogP contribution is -2.30. The number of anilines is 1. The van der Waals surface area contributed by atoms with E-state index in [2.05, 4.69) is 6.04 Å². The van der Waals surface area contributed by atoms with Gasteiger partial charge in [-0.25, -0.2) is 4.90 Å². The number of likely N-dealkylation sites (N-methyl/N-ethyl adjacent to an activating group) is 1. The van der Waals surface area contributed by atoms with Crippen molar-refractivity contribution < 1.29 is 4.79 Å². The lowest BCUT2D eigenvalue weighted by molar-refractivity contribution is -0.114. The molecule has 24 heavy (non-hydrogen) atoms. The highest BCUT2D eigenvalue weighted by molar-refractivity contribution is 7.80. The Labute approximate surface area is 146 Å². The lowest BCUT2D eigenvalue weighted by atomic mass is 10.2. The largest absolute Gasteiger partial charge is 0.351 e. The van der Waals surface area contributed by atoms with Crippen LogP contribution in [-0.2, 0) is 4.79 Å². The van der Waals surface area contributed by atoms with Crippen molar-refractivity contribution >= 4 is 28.9 Å². The zero-order valence-corrected chi connectivity index (χ0v) is 13.9. The Hall–Kier alpha value is -3.10. The van der Waals surface area contributed by atoms with Gasteiger partial charge >= 0.3 is 0 Å². The molecule has 1 aromatic rings. The molecule has 0 aliphatic carbocycles. The third-order valence-corrected chi connectivity index (χ3v) is 4.06. The van der Waals surface area contributed by atoms with Crippen molar-refractivity contribution in [1.82, 2.24) is 9.80 Å². The maximum absolute atomic E-state index is 12.8. The van der Waals surface area contributed by atoms with Crippen LogP contribution in [-0.4, -0.2) is 27.9 Å². The molecule has 1 saturated heterocycles. The molecule has 0 N–H and O–H groups in total. The number of nitrogens with zero attached hydrogens (tertiary/aromatic N) is 3. The van der Waals surface area contributed by atoms with Crippen LogP contribution in [0.2, 0.25) is 0 Å². The summed E-state index contributed by atoms with van der Waals surface area (Å²) in [6.45, 7) is 0. The maximum atomic E-state index is 12.8. The molecular weight excluding hydrogens is 318 g/mol. The first-order valence-corrected chi connectivity index (χ1v) is 7.74. The minimum Gasteiger partial charge on any atom is -0.351 e. The highest BCUT2D eigenvalue weighted by Gasteiger charge is 2.38. The molecule has 0 bridgehead atoms. The molecule has 4 nitrogen and oxygen atoms in total. The van der Waals surface area contributed by atoms with Gasteiger partial charge in [-0.05, 0) is 48.7 Å². The van der Waals surface area contributed by atoms with Crippen molar-refractivity contribution in [3.63, 3.8) is 0 Å². The summed E-state index contributed by atoms with van der Waals surface area (Å²) in [4.78, 5) is 17.6. The van der Waals surface area contributed by atoms with Crippen molar-refractivity contribution in [2.45, 2.75) is 0 Å². The fraction of sp³-hybridized carbons (Fsp3) is 0.0526. The Bertz CT molecular complexity index is 843. The lowest BCUT2D eigenvalue weighted by Gasteiger charge is -2.17. The van der Waals surface area contributed by atoms with Crippen LogP contribution in [0.4, 0.5) is 5.69 Å². The van der Waals surface area contributed by atoms with Crippen LogP contribution in [0.1, 0.15) is 0 Å². The molecule has 1 amide bonds. The van der Waals surface area contributed by atoms with Crippen molar-refractivity contribution in [2.24, 2.45) is 0 Å². The van der Waals surface area contributed by atoms with E-state index in [1.807, 2.05) is 72.8 Å². The Balaban J connectivity index is 1.98. The monoisotopic (exact) mass is 333 g/mol. The smallest absolute Gasteiger partial charge is 0.282 e. The standard InChI is InChI=1S/C19H15N3OS/c1-3-21-17(13-12-15-9-7-8-14-20(15)2)18(23)22(19(21)24)16-10-5-4-6-11-16/h1,4-14H,2H3. The number of terminal acetylenes is 1. The molecule has 5 heteroatoms. The zero-order chi connectivity index (χ0) is 17.1. The second-order valence-corrected chi connectivity index (χ2v) is 5.54. The number of para-hydroxylation sites is 1. The summed E-state index contributed by atoms with van der Waals surface area (Å²) in [5.41, 5.74) is 2.00. The molecule has 0 radical (unpaired) electrons. The van der Waals surface area contributed by atoms with Gasteiger partial charge in [0, 0.05) is 25.0 Å². The number of carbonyl (C=O) groups excluding carboxylic acids is 1. The summed E-state index contributed by atoms with van der Waals surface area (Å²) in [7, 11) is 1.93. The van der Waals surface area contributed by atoms with Crippen LogP contribution in [0, 0.1) is 12.5 Å². The number of rotatable bonds is 2. The number of hydrogen-bond donors (Lipinski definition) is 0. The van der Waals surface area contributed by atoms with Crippen molar-refractivity contribution in [3.8, 4) is 12.5 Å². The van der Waals surface area contributed by atoms with Gasteiger partial charge in [0.25, 0.3) is 5.91 Å². The maximum Gasteiger partial charge on any atom is 0.282 e. The molecule has 1 fully saturated rings. The van der Waals surface area contributed by atoms with E-state index < -0.39 is 0 Å². The van der Waals surface area contributed by atoms with Crippen LogP contribution < -0.4 is 4.90 Å². The molecule has 2 heterocycles. The normalized spacial score (nSPS) is 20.4. The second kappa shape index (κ2) is 6.57. The topological polar surface area (TPSA) is 26.8 Å². The highest BCUT2D eigenvalue weighted by atomic mass is 32.1. The van der Waals surface area contributed by atoms with Gasteiger partial charge in [-0.15, -0.1) is 0 Å². The predicted octanol–water partition coefficient (Wildman–Crippen LogP) is 2.99. The van der Waals surface area contributed by atoms with E-state index in [1.165, 1.54) is 9.80 Å². The highest BCUT2D eigenvalue weighted by Crippen LogP contribution is 2.27. The molecule has 0 spiro atoms. The Morgan fingerprint density at radius 3 is 2.58 bits per heavy atom. The Morgan fingerprint density at radius 2 is 1.92 bits per heavy atom. The first kappa shape index (κ1) is 15.8. The fourth-order valence-electron chi connectivity index (χ4n) is 2.45. The van der Waals surface area contributed by atoms with Gasteiger partial charge in [0.15, 0.2) is 5.11 Å². The average Bonchev–Trinajstić information content (AvgIpc) is 2.84.